The van der Waals surface area contributed by atoms with Gasteiger partial charge in [0.25, 0.3) is 11.8 Å². The van der Waals surface area contributed by atoms with Crippen molar-refractivity contribution in [2.24, 2.45) is 5.92 Å². The first-order valence-electron chi connectivity index (χ1n) is 11.8. The number of halogens is 1. The van der Waals surface area contributed by atoms with Crippen molar-refractivity contribution >= 4 is 11.8 Å². The second kappa shape index (κ2) is 12.0. The molecule has 0 bridgehead atoms. The molecule has 0 spiro atoms. The van der Waals surface area contributed by atoms with E-state index >= 15 is 0 Å². The highest BCUT2D eigenvalue weighted by Gasteiger charge is 2.34. The molecule has 0 saturated heterocycles. The molecule has 2 aromatic rings. The van der Waals surface area contributed by atoms with Crippen molar-refractivity contribution in [2.75, 3.05) is 47.4 Å². The molecule has 1 aliphatic heterocycles. The van der Waals surface area contributed by atoms with Gasteiger partial charge in [-0.3, -0.25) is 14.5 Å². The summed E-state index contributed by atoms with van der Waals surface area (Å²) in [6.07, 6.45) is 1.05. The van der Waals surface area contributed by atoms with Crippen molar-refractivity contribution in [2.45, 2.75) is 26.0 Å². The van der Waals surface area contributed by atoms with Crippen LogP contribution in [0.25, 0.3) is 0 Å². The second-order valence-corrected chi connectivity index (χ2v) is 9.43. The molecule has 1 aromatic carbocycles. The van der Waals surface area contributed by atoms with E-state index in [-0.39, 0.29) is 47.9 Å². The van der Waals surface area contributed by atoms with E-state index in [2.05, 4.69) is 16.8 Å². The Labute approximate surface area is 211 Å². The Morgan fingerprint density at radius 2 is 2.08 bits per heavy atom. The number of ether oxygens (including phenoxy) is 1. The Morgan fingerprint density at radius 3 is 2.75 bits per heavy atom. The van der Waals surface area contributed by atoms with Crippen molar-refractivity contribution in [1.29, 1.82) is 0 Å². The summed E-state index contributed by atoms with van der Waals surface area (Å²) < 4.78 is 19.9. The Balaban J connectivity index is 1.93. The summed E-state index contributed by atoms with van der Waals surface area (Å²) in [5, 5.41) is 9.81. The number of benzene rings is 1. The van der Waals surface area contributed by atoms with Gasteiger partial charge in [-0.05, 0) is 45.3 Å². The number of likely N-dealkylation sites (N-methyl/N-ethyl adjacent to an activating group) is 1. The van der Waals surface area contributed by atoms with Crippen molar-refractivity contribution < 1.29 is 23.8 Å². The van der Waals surface area contributed by atoms with E-state index in [4.69, 9.17) is 4.74 Å². The zero-order valence-electron chi connectivity index (χ0n) is 21.4. The van der Waals surface area contributed by atoms with E-state index < -0.39 is 18.0 Å². The molecule has 1 N–H and O–H groups in total. The number of amides is 2. The number of carbonyl (C=O) groups excluding carboxylic acids is 2. The van der Waals surface area contributed by atoms with Crippen LogP contribution in [0.5, 0.6) is 5.88 Å². The Hall–Kier alpha value is -3.48. The van der Waals surface area contributed by atoms with E-state index in [0.717, 1.165) is 0 Å². The van der Waals surface area contributed by atoms with E-state index in [1.165, 1.54) is 23.1 Å². The molecule has 3 rings (SSSR count). The molecule has 0 aliphatic carbocycles. The summed E-state index contributed by atoms with van der Waals surface area (Å²) in [6, 6.07) is 6.75. The maximum atomic E-state index is 13.6. The maximum Gasteiger partial charge on any atom is 0.259 e. The van der Waals surface area contributed by atoms with Crippen molar-refractivity contribution in [3.05, 3.63) is 59.0 Å². The van der Waals surface area contributed by atoms with Gasteiger partial charge in [0, 0.05) is 36.8 Å². The zero-order chi connectivity index (χ0) is 26.4. The monoisotopic (exact) mass is 496 g/mol. The van der Waals surface area contributed by atoms with Crippen LogP contribution in [0.15, 0.2) is 36.5 Å². The minimum absolute atomic E-state index is 0.149. The molecule has 8 nitrogen and oxygen atoms in total. The molecule has 0 unspecified atom stereocenters. The number of nitrogens with zero attached hydrogens (tertiary/aromatic N) is 4. The Morgan fingerprint density at radius 1 is 1.33 bits per heavy atom. The number of aromatic nitrogens is 1. The second-order valence-electron chi connectivity index (χ2n) is 9.43. The van der Waals surface area contributed by atoms with Gasteiger partial charge in [-0.25, -0.2) is 9.37 Å². The maximum absolute atomic E-state index is 13.6. The van der Waals surface area contributed by atoms with E-state index in [1.54, 1.807) is 37.2 Å². The van der Waals surface area contributed by atoms with Gasteiger partial charge in [0.15, 0.2) is 0 Å². The third-order valence-electron chi connectivity index (χ3n) is 6.02. The molecule has 192 valence electrons. The van der Waals surface area contributed by atoms with Crippen LogP contribution in [0.2, 0.25) is 0 Å². The van der Waals surface area contributed by atoms with Crippen LogP contribution in [0.4, 0.5) is 4.39 Å². The summed E-state index contributed by atoms with van der Waals surface area (Å²) in [5.41, 5.74) is 1.07. The number of fused-ring (bicyclic) bond motifs is 1. The standard InChI is InChI=1S/C27H33FN4O4/c1-18-15-32(19(2)17-33)27(35)23-12-20(8-7-11-30(3)4)14-29-25(23)36-24(18)16-31(5)26(34)21-9-6-10-22(28)13-21/h6,9-10,12-14,18-19,24,33H,11,15-17H2,1-5H3/t18-,19+,24+/m1/s1. The van der Waals surface area contributed by atoms with E-state index in [0.29, 0.717) is 18.7 Å². The molecule has 2 amide bonds. The average molecular weight is 497 g/mol. The predicted octanol–water partition coefficient (Wildman–Crippen LogP) is 2.13. The smallest absolute Gasteiger partial charge is 0.259 e. The fraction of sp³-hybridized carbons (Fsp3) is 0.444. The van der Waals surface area contributed by atoms with Crippen LogP contribution in [0.3, 0.4) is 0 Å². The number of carbonyl (C=O) groups is 2. The van der Waals surface area contributed by atoms with Gasteiger partial charge in [0.1, 0.15) is 17.5 Å². The molecular formula is C27H33FN4O4. The van der Waals surface area contributed by atoms with Gasteiger partial charge < -0.3 is 19.6 Å². The number of hydrogen-bond acceptors (Lipinski definition) is 6. The molecule has 1 aromatic heterocycles. The first-order valence-corrected chi connectivity index (χ1v) is 11.8. The van der Waals surface area contributed by atoms with Crippen LogP contribution in [0.1, 0.15) is 40.1 Å². The molecule has 0 fully saturated rings. The fourth-order valence-electron chi connectivity index (χ4n) is 3.88. The van der Waals surface area contributed by atoms with Gasteiger partial charge >= 0.3 is 0 Å². The number of pyridine rings is 1. The van der Waals surface area contributed by atoms with Crippen molar-refractivity contribution in [3.8, 4) is 17.7 Å². The average Bonchev–Trinajstić information content (AvgIpc) is 2.85. The minimum Gasteiger partial charge on any atom is -0.472 e. The molecule has 0 saturated carbocycles. The highest BCUT2D eigenvalue weighted by molar-refractivity contribution is 5.97. The SMILES string of the molecule is C[C@@H]1CN([C@@H](C)CO)C(=O)c2cc(C#CCN(C)C)cnc2O[C@H]1CN(C)C(=O)c1cccc(F)c1. The number of rotatable bonds is 6. The highest BCUT2D eigenvalue weighted by atomic mass is 19.1. The molecule has 9 heteroatoms. The molecule has 36 heavy (non-hydrogen) atoms. The van der Waals surface area contributed by atoms with Gasteiger partial charge in [-0.1, -0.05) is 24.8 Å². The first-order chi connectivity index (χ1) is 17.1. The van der Waals surface area contributed by atoms with Gasteiger partial charge in [0.2, 0.25) is 5.88 Å². The molecule has 2 heterocycles. The first kappa shape index (κ1) is 27.1. The lowest BCUT2D eigenvalue weighted by atomic mass is 9.99. The Kier molecular flexibility index (Phi) is 9.02. The molecule has 3 atom stereocenters. The summed E-state index contributed by atoms with van der Waals surface area (Å²) in [6.45, 7) is 4.55. The van der Waals surface area contributed by atoms with Crippen LogP contribution in [0, 0.1) is 23.6 Å². The highest BCUT2D eigenvalue weighted by Crippen LogP contribution is 2.27. The van der Waals surface area contributed by atoms with Gasteiger partial charge in [-0.15, -0.1) is 0 Å². The van der Waals surface area contributed by atoms with Crippen molar-refractivity contribution in [3.63, 3.8) is 0 Å². The van der Waals surface area contributed by atoms with Crippen LogP contribution in [-0.2, 0) is 0 Å². The lowest BCUT2D eigenvalue weighted by molar-refractivity contribution is 0.0313. The number of hydrogen-bond donors (Lipinski definition) is 1. The van der Waals surface area contributed by atoms with Crippen LogP contribution in [-0.4, -0.2) is 96.1 Å². The number of aliphatic hydroxyl groups excluding tert-OH is 1. The van der Waals surface area contributed by atoms with Crippen molar-refractivity contribution in [1.82, 2.24) is 19.7 Å². The van der Waals surface area contributed by atoms with Crippen LogP contribution < -0.4 is 4.74 Å². The van der Waals surface area contributed by atoms with Crippen LogP contribution >= 0.6 is 0 Å². The normalized spacial score (nSPS) is 18.3. The molecule has 1 aliphatic rings. The lowest BCUT2D eigenvalue weighted by Gasteiger charge is -2.37. The molecule has 0 radical (unpaired) electrons. The van der Waals surface area contributed by atoms with Gasteiger partial charge in [-0.2, -0.15) is 0 Å². The molecular weight excluding hydrogens is 463 g/mol. The minimum atomic E-state index is -0.508. The lowest BCUT2D eigenvalue weighted by Crippen LogP contribution is -2.50. The quantitative estimate of drug-likeness (QED) is 0.617. The zero-order valence-corrected chi connectivity index (χ0v) is 21.4. The van der Waals surface area contributed by atoms with E-state index in [1.807, 2.05) is 25.9 Å². The fourth-order valence-corrected chi connectivity index (χ4v) is 3.88. The third-order valence-corrected chi connectivity index (χ3v) is 6.02. The summed E-state index contributed by atoms with van der Waals surface area (Å²) in [7, 11) is 5.45. The van der Waals surface area contributed by atoms with Gasteiger partial charge in [0.05, 0.1) is 25.7 Å². The topological polar surface area (TPSA) is 86.2 Å². The summed E-state index contributed by atoms with van der Waals surface area (Å²) in [5.74, 6) is 4.87. The third kappa shape index (κ3) is 6.59. The number of aliphatic hydroxyl groups is 1. The Bertz CT molecular complexity index is 1160. The summed E-state index contributed by atoms with van der Waals surface area (Å²) >= 11 is 0. The largest absolute Gasteiger partial charge is 0.472 e. The predicted molar refractivity (Wildman–Crippen MR) is 134 cm³/mol. The van der Waals surface area contributed by atoms with E-state index in [9.17, 15) is 19.1 Å². The summed E-state index contributed by atoms with van der Waals surface area (Å²) in [4.78, 5) is 35.8.